The molecule has 1 atom stereocenters. The highest BCUT2D eigenvalue weighted by atomic mass is 16.2. The number of hydrogen-bond donors (Lipinski definition) is 2. The monoisotopic (exact) mass is 298 g/mol. The maximum atomic E-state index is 12.1. The Bertz CT molecular complexity index is 330. The zero-order chi connectivity index (χ0) is 15.7. The number of nitrogens with one attached hydrogen (secondary N) is 2. The lowest BCUT2D eigenvalue weighted by Gasteiger charge is -2.28. The first-order valence-electron chi connectivity index (χ1n) is 7.95. The van der Waals surface area contributed by atoms with Crippen molar-refractivity contribution in [1.29, 1.82) is 0 Å². The average molecular weight is 298 g/mol. The second-order valence-electron chi connectivity index (χ2n) is 5.94. The number of carbonyl (C=O) groups excluding carboxylic acids is 2. The third kappa shape index (κ3) is 7.43. The summed E-state index contributed by atoms with van der Waals surface area (Å²) in [5, 5.41) is 6.26. The van der Waals surface area contributed by atoms with Gasteiger partial charge in [-0.3, -0.25) is 14.5 Å². The summed E-state index contributed by atoms with van der Waals surface area (Å²) in [6, 6.07) is 0.481. The first kappa shape index (κ1) is 17.9. The molecular weight excluding hydrogens is 268 g/mol. The molecule has 2 amide bonds. The van der Waals surface area contributed by atoms with Gasteiger partial charge in [-0.05, 0) is 32.9 Å². The van der Waals surface area contributed by atoms with Gasteiger partial charge in [0.1, 0.15) is 0 Å². The number of piperidine rings is 1. The maximum Gasteiger partial charge on any atom is 0.239 e. The predicted octanol–water partition coefficient (Wildman–Crippen LogP) is 0.0449. The van der Waals surface area contributed by atoms with Crippen molar-refractivity contribution in [2.75, 3.05) is 46.8 Å². The average Bonchev–Trinajstić information content (AvgIpc) is 2.45. The van der Waals surface area contributed by atoms with E-state index >= 15 is 0 Å². The van der Waals surface area contributed by atoms with E-state index in [-0.39, 0.29) is 18.4 Å². The minimum absolute atomic E-state index is 0.0139. The van der Waals surface area contributed by atoms with E-state index in [1.54, 1.807) is 7.05 Å². The van der Waals surface area contributed by atoms with Gasteiger partial charge in [-0.15, -0.1) is 0 Å². The summed E-state index contributed by atoms with van der Waals surface area (Å²) >= 11 is 0. The highest BCUT2D eigenvalue weighted by Gasteiger charge is 2.18. The fourth-order valence-corrected chi connectivity index (χ4v) is 2.50. The van der Waals surface area contributed by atoms with Crippen molar-refractivity contribution in [3.63, 3.8) is 0 Å². The van der Waals surface area contributed by atoms with Crippen LogP contribution in [0.5, 0.6) is 0 Å². The first-order chi connectivity index (χ1) is 10.0. The van der Waals surface area contributed by atoms with E-state index in [1.165, 1.54) is 24.2 Å². The zero-order valence-corrected chi connectivity index (χ0v) is 13.7. The van der Waals surface area contributed by atoms with E-state index in [0.717, 1.165) is 19.5 Å². The lowest BCUT2D eigenvalue weighted by atomic mass is 10.0. The van der Waals surface area contributed by atoms with Crippen molar-refractivity contribution < 1.29 is 9.59 Å². The maximum absolute atomic E-state index is 12.1. The topological polar surface area (TPSA) is 64.7 Å². The van der Waals surface area contributed by atoms with Crippen molar-refractivity contribution in [2.45, 2.75) is 38.6 Å². The van der Waals surface area contributed by atoms with Gasteiger partial charge in [-0.2, -0.15) is 0 Å². The molecule has 1 unspecified atom stereocenters. The lowest BCUT2D eigenvalue weighted by Crippen LogP contribution is -2.46. The van der Waals surface area contributed by atoms with Crippen LogP contribution in [-0.4, -0.2) is 74.5 Å². The summed E-state index contributed by atoms with van der Waals surface area (Å²) in [7, 11) is 3.64. The third-order valence-corrected chi connectivity index (χ3v) is 3.73. The lowest BCUT2D eigenvalue weighted by molar-refractivity contribution is -0.135. The van der Waals surface area contributed by atoms with E-state index in [2.05, 4.69) is 10.6 Å². The summed E-state index contributed by atoms with van der Waals surface area (Å²) in [6.07, 6.45) is 4.58. The molecule has 0 aromatic rings. The minimum Gasteiger partial charge on any atom is -0.355 e. The van der Waals surface area contributed by atoms with E-state index < -0.39 is 0 Å². The molecule has 1 rings (SSSR count). The van der Waals surface area contributed by atoms with Crippen LogP contribution in [-0.2, 0) is 9.59 Å². The first-order valence-corrected chi connectivity index (χ1v) is 7.95. The Hall–Kier alpha value is -1.14. The van der Waals surface area contributed by atoms with Crippen LogP contribution in [0.4, 0.5) is 0 Å². The fourth-order valence-electron chi connectivity index (χ4n) is 2.50. The number of hydrogen-bond acceptors (Lipinski definition) is 4. The Morgan fingerprint density at radius 2 is 2.00 bits per heavy atom. The molecule has 0 aliphatic carbocycles. The Labute approximate surface area is 128 Å². The van der Waals surface area contributed by atoms with E-state index in [9.17, 15) is 9.59 Å². The molecule has 2 N–H and O–H groups in total. The number of rotatable bonds is 8. The number of likely N-dealkylation sites (N-methyl/N-ethyl adjacent to an activating group) is 2. The molecule has 0 aromatic carbocycles. The van der Waals surface area contributed by atoms with Crippen molar-refractivity contribution >= 4 is 11.8 Å². The molecule has 1 aliphatic rings. The third-order valence-electron chi connectivity index (χ3n) is 3.73. The highest BCUT2D eigenvalue weighted by Crippen LogP contribution is 2.07. The summed E-state index contributed by atoms with van der Waals surface area (Å²) in [4.78, 5) is 27.2. The van der Waals surface area contributed by atoms with Gasteiger partial charge in [0.15, 0.2) is 0 Å². The Kier molecular flexibility index (Phi) is 8.30. The standard InChI is InChI=1S/C15H30N4O2/c1-4-8-17-14(20)11-19(3)15(21)12-18(2)10-13-7-5-6-9-16-13/h13,16H,4-12H2,1-3H3,(H,17,20). The minimum atomic E-state index is -0.0932. The van der Waals surface area contributed by atoms with Crippen LogP contribution in [0.15, 0.2) is 0 Å². The van der Waals surface area contributed by atoms with Crippen LogP contribution in [0, 0.1) is 0 Å². The van der Waals surface area contributed by atoms with Crippen molar-refractivity contribution in [3.8, 4) is 0 Å². The van der Waals surface area contributed by atoms with Gasteiger partial charge in [0, 0.05) is 26.2 Å². The van der Waals surface area contributed by atoms with Crippen LogP contribution in [0.1, 0.15) is 32.6 Å². The molecule has 0 spiro atoms. The molecule has 1 fully saturated rings. The van der Waals surface area contributed by atoms with Gasteiger partial charge in [0.05, 0.1) is 13.1 Å². The number of nitrogens with zero attached hydrogens (tertiary/aromatic N) is 2. The SMILES string of the molecule is CCCNC(=O)CN(C)C(=O)CN(C)CC1CCCCN1. The van der Waals surface area contributed by atoms with Crippen molar-refractivity contribution in [3.05, 3.63) is 0 Å². The van der Waals surface area contributed by atoms with Crippen molar-refractivity contribution in [1.82, 2.24) is 20.4 Å². The van der Waals surface area contributed by atoms with Gasteiger partial charge >= 0.3 is 0 Å². The van der Waals surface area contributed by atoms with E-state index in [0.29, 0.717) is 19.1 Å². The summed E-state index contributed by atoms with van der Waals surface area (Å²) in [5.41, 5.74) is 0. The van der Waals surface area contributed by atoms with Crippen LogP contribution in [0.3, 0.4) is 0 Å². The Balaban J connectivity index is 2.25. The molecule has 1 saturated heterocycles. The van der Waals surface area contributed by atoms with Crippen LogP contribution >= 0.6 is 0 Å². The number of amides is 2. The quantitative estimate of drug-likeness (QED) is 0.664. The van der Waals surface area contributed by atoms with Gasteiger partial charge in [0.25, 0.3) is 0 Å². The van der Waals surface area contributed by atoms with Crippen molar-refractivity contribution in [2.24, 2.45) is 0 Å². The summed E-state index contributed by atoms with van der Waals surface area (Å²) < 4.78 is 0. The number of carbonyl (C=O) groups is 2. The molecule has 0 bridgehead atoms. The highest BCUT2D eigenvalue weighted by molar-refractivity contribution is 5.85. The largest absolute Gasteiger partial charge is 0.355 e. The predicted molar refractivity (Wildman–Crippen MR) is 84.1 cm³/mol. The molecule has 1 heterocycles. The zero-order valence-electron chi connectivity index (χ0n) is 13.7. The molecular formula is C15H30N4O2. The second kappa shape index (κ2) is 9.73. The molecule has 0 aromatic heterocycles. The van der Waals surface area contributed by atoms with Gasteiger partial charge < -0.3 is 15.5 Å². The molecule has 0 saturated carbocycles. The van der Waals surface area contributed by atoms with Gasteiger partial charge in [0.2, 0.25) is 11.8 Å². The summed E-state index contributed by atoms with van der Waals surface area (Å²) in [5.74, 6) is -0.107. The van der Waals surface area contributed by atoms with Gasteiger partial charge in [-0.1, -0.05) is 13.3 Å². The van der Waals surface area contributed by atoms with E-state index in [4.69, 9.17) is 0 Å². The second-order valence-corrected chi connectivity index (χ2v) is 5.94. The summed E-state index contributed by atoms with van der Waals surface area (Å²) in [6.45, 7) is 5.10. The molecule has 122 valence electrons. The van der Waals surface area contributed by atoms with Crippen LogP contribution in [0.25, 0.3) is 0 Å². The molecule has 6 heteroatoms. The normalized spacial score (nSPS) is 18.6. The van der Waals surface area contributed by atoms with Gasteiger partial charge in [-0.25, -0.2) is 0 Å². The van der Waals surface area contributed by atoms with E-state index in [1.807, 2.05) is 18.9 Å². The Morgan fingerprint density at radius 3 is 2.62 bits per heavy atom. The fraction of sp³-hybridized carbons (Fsp3) is 0.867. The Morgan fingerprint density at radius 1 is 1.24 bits per heavy atom. The molecule has 1 aliphatic heterocycles. The molecule has 21 heavy (non-hydrogen) atoms. The smallest absolute Gasteiger partial charge is 0.239 e. The van der Waals surface area contributed by atoms with Crippen LogP contribution < -0.4 is 10.6 Å². The van der Waals surface area contributed by atoms with Crippen LogP contribution in [0.2, 0.25) is 0 Å². The molecule has 6 nitrogen and oxygen atoms in total. The molecule has 0 radical (unpaired) electrons.